The number of aromatic nitrogens is 2. The van der Waals surface area contributed by atoms with Crippen molar-refractivity contribution < 1.29 is 9.90 Å². The maximum absolute atomic E-state index is 10.3. The molecular formula is C11H16N2O2. The predicted molar refractivity (Wildman–Crippen MR) is 58.4 cm³/mol. The zero-order chi connectivity index (χ0) is 11.3. The molecule has 15 heavy (non-hydrogen) atoms. The van der Waals surface area contributed by atoms with E-state index >= 15 is 0 Å². The van der Waals surface area contributed by atoms with Crippen molar-refractivity contribution in [3.8, 4) is 0 Å². The molecule has 82 valence electrons. The van der Waals surface area contributed by atoms with Crippen LogP contribution in [0.4, 0.5) is 0 Å². The maximum Gasteiger partial charge on any atom is 0.307 e. The van der Waals surface area contributed by atoms with Crippen molar-refractivity contribution in [2.24, 2.45) is 5.92 Å². The van der Waals surface area contributed by atoms with Crippen LogP contribution in [0, 0.1) is 5.92 Å². The van der Waals surface area contributed by atoms with Gasteiger partial charge in [0, 0.05) is 18.3 Å². The standard InChI is InChI=1S/C11H16N2O2/c1-9(2)7-13-8-10(6-12-13)4-3-5-11(14)15/h3-4,6,8-9H,5,7H2,1-2H3,(H,14,15). The van der Waals surface area contributed by atoms with E-state index in [4.69, 9.17) is 5.11 Å². The lowest BCUT2D eigenvalue weighted by atomic mass is 10.2. The summed E-state index contributed by atoms with van der Waals surface area (Å²) in [5.41, 5.74) is 0.942. The molecule has 0 amide bonds. The van der Waals surface area contributed by atoms with Crippen LogP contribution in [0.5, 0.6) is 0 Å². The van der Waals surface area contributed by atoms with Crippen molar-refractivity contribution in [1.82, 2.24) is 9.78 Å². The van der Waals surface area contributed by atoms with E-state index < -0.39 is 5.97 Å². The Labute approximate surface area is 89.2 Å². The molecule has 0 aliphatic heterocycles. The molecule has 0 spiro atoms. The van der Waals surface area contributed by atoms with Gasteiger partial charge in [-0.15, -0.1) is 0 Å². The van der Waals surface area contributed by atoms with Crippen LogP contribution in [0.1, 0.15) is 25.8 Å². The summed E-state index contributed by atoms with van der Waals surface area (Å²) in [6, 6.07) is 0. The first-order valence-electron chi connectivity index (χ1n) is 4.98. The number of carboxylic acid groups (broad SMARTS) is 1. The van der Waals surface area contributed by atoms with Gasteiger partial charge in [0.05, 0.1) is 12.6 Å². The van der Waals surface area contributed by atoms with E-state index in [-0.39, 0.29) is 6.42 Å². The van der Waals surface area contributed by atoms with Crippen molar-refractivity contribution >= 4 is 12.0 Å². The topological polar surface area (TPSA) is 55.1 Å². The molecule has 4 nitrogen and oxygen atoms in total. The summed E-state index contributed by atoms with van der Waals surface area (Å²) in [5.74, 6) is -0.262. The monoisotopic (exact) mass is 208 g/mol. The van der Waals surface area contributed by atoms with E-state index in [2.05, 4.69) is 18.9 Å². The molecule has 4 heteroatoms. The normalized spacial score (nSPS) is 11.4. The van der Waals surface area contributed by atoms with Crippen molar-refractivity contribution in [2.75, 3.05) is 0 Å². The van der Waals surface area contributed by atoms with Crippen LogP contribution in [-0.4, -0.2) is 20.9 Å². The van der Waals surface area contributed by atoms with E-state index in [1.165, 1.54) is 0 Å². The number of carboxylic acids is 1. The smallest absolute Gasteiger partial charge is 0.307 e. The Morgan fingerprint density at radius 3 is 3.00 bits per heavy atom. The average molecular weight is 208 g/mol. The Morgan fingerprint density at radius 1 is 1.67 bits per heavy atom. The molecule has 1 rings (SSSR count). The fraction of sp³-hybridized carbons (Fsp3) is 0.455. The Balaban J connectivity index is 2.52. The summed E-state index contributed by atoms with van der Waals surface area (Å²) in [7, 11) is 0. The highest BCUT2D eigenvalue weighted by atomic mass is 16.4. The first kappa shape index (κ1) is 11.5. The number of hydrogen-bond acceptors (Lipinski definition) is 2. The van der Waals surface area contributed by atoms with Gasteiger partial charge >= 0.3 is 5.97 Å². The number of carbonyl (C=O) groups is 1. The number of nitrogens with zero attached hydrogens (tertiary/aromatic N) is 2. The molecule has 0 aliphatic carbocycles. The van der Waals surface area contributed by atoms with Crippen LogP contribution >= 0.6 is 0 Å². The summed E-state index contributed by atoms with van der Waals surface area (Å²) < 4.78 is 1.87. The molecule has 1 heterocycles. The molecule has 0 atom stereocenters. The lowest BCUT2D eigenvalue weighted by Crippen LogP contribution is -2.03. The molecule has 0 aliphatic rings. The third-order valence-electron chi connectivity index (χ3n) is 1.81. The summed E-state index contributed by atoms with van der Waals surface area (Å²) in [5, 5.41) is 12.6. The highest BCUT2D eigenvalue weighted by Crippen LogP contribution is 2.04. The fourth-order valence-electron chi connectivity index (χ4n) is 1.24. The van der Waals surface area contributed by atoms with Gasteiger partial charge in [0.1, 0.15) is 0 Å². The number of aliphatic carboxylic acids is 1. The second-order valence-corrected chi connectivity index (χ2v) is 3.89. The predicted octanol–water partition coefficient (Wildman–Crippen LogP) is 2.03. The third kappa shape index (κ3) is 4.44. The minimum Gasteiger partial charge on any atom is -0.481 e. The molecule has 0 fully saturated rings. The van der Waals surface area contributed by atoms with Crippen molar-refractivity contribution in [1.29, 1.82) is 0 Å². The summed E-state index contributed by atoms with van der Waals surface area (Å²) >= 11 is 0. The lowest BCUT2D eigenvalue weighted by molar-refractivity contribution is -0.135. The highest BCUT2D eigenvalue weighted by Gasteiger charge is 1.98. The van der Waals surface area contributed by atoms with Gasteiger partial charge in [-0.2, -0.15) is 5.10 Å². The quantitative estimate of drug-likeness (QED) is 0.805. The first-order chi connectivity index (χ1) is 7.08. The lowest BCUT2D eigenvalue weighted by Gasteiger charge is -2.02. The maximum atomic E-state index is 10.3. The molecule has 0 saturated heterocycles. The average Bonchev–Trinajstić information content (AvgIpc) is 2.50. The minimum atomic E-state index is -0.819. The number of rotatable bonds is 5. The van der Waals surface area contributed by atoms with Gasteiger partial charge in [0.25, 0.3) is 0 Å². The summed E-state index contributed by atoms with van der Waals surface area (Å²) in [4.78, 5) is 10.3. The molecule has 1 aromatic heterocycles. The van der Waals surface area contributed by atoms with Gasteiger partial charge < -0.3 is 5.11 Å². The van der Waals surface area contributed by atoms with E-state index in [0.29, 0.717) is 5.92 Å². The second-order valence-electron chi connectivity index (χ2n) is 3.89. The van der Waals surface area contributed by atoms with Gasteiger partial charge in [-0.1, -0.05) is 26.0 Å². The molecule has 0 aromatic carbocycles. The molecule has 1 aromatic rings. The van der Waals surface area contributed by atoms with Crippen molar-refractivity contribution in [3.63, 3.8) is 0 Å². The van der Waals surface area contributed by atoms with Gasteiger partial charge in [-0.3, -0.25) is 9.48 Å². The third-order valence-corrected chi connectivity index (χ3v) is 1.81. The number of hydrogen-bond donors (Lipinski definition) is 1. The molecular weight excluding hydrogens is 192 g/mol. The van der Waals surface area contributed by atoms with Gasteiger partial charge in [0.15, 0.2) is 0 Å². The summed E-state index contributed by atoms with van der Waals surface area (Å²) in [6.45, 7) is 5.13. The van der Waals surface area contributed by atoms with E-state index in [9.17, 15) is 4.79 Å². The SMILES string of the molecule is CC(C)Cn1cc(C=CCC(=O)O)cn1. The zero-order valence-corrected chi connectivity index (χ0v) is 9.05. The van der Waals surface area contributed by atoms with E-state index in [1.54, 1.807) is 18.3 Å². The first-order valence-corrected chi connectivity index (χ1v) is 4.98. The Kier molecular flexibility index (Phi) is 4.09. The minimum absolute atomic E-state index is 0.0510. The summed E-state index contributed by atoms with van der Waals surface area (Å²) in [6.07, 6.45) is 7.10. The highest BCUT2D eigenvalue weighted by molar-refractivity contribution is 5.70. The molecule has 0 saturated carbocycles. The van der Waals surface area contributed by atoms with Crippen LogP contribution in [0.25, 0.3) is 6.08 Å². The molecule has 0 unspecified atom stereocenters. The van der Waals surface area contributed by atoms with Gasteiger partial charge in [-0.05, 0) is 5.92 Å². The van der Waals surface area contributed by atoms with Crippen LogP contribution in [0.3, 0.4) is 0 Å². The van der Waals surface area contributed by atoms with Gasteiger partial charge in [0.2, 0.25) is 0 Å². The van der Waals surface area contributed by atoms with Crippen LogP contribution in [0.15, 0.2) is 18.5 Å². The van der Waals surface area contributed by atoms with Crippen LogP contribution < -0.4 is 0 Å². The van der Waals surface area contributed by atoms with Crippen LogP contribution in [-0.2, 0) is 11.3 Å². The van der Waals surface area contributed by atoms with Crippen molar-refractivity contribution in [3.05, 3.63) is 24.0 Å². The molecule has 1 N–H and O–H groups in total. The Morgan fingerprint density at radius 2 is 2.40 bits per heavy atom. The Hall–Kier alpha value is -1.58. The molecule has 0 bridgehead atoms. The van der Waals surface area contributed by atoms with Crippen LogP contribution in [0.2, 0.25) is 0 Å². The largest absolute Gasteiger partial charge is 0.481 e. The van der Waals surface area contributed by atoms with Gasteiger partial charge in [-0.25, -0.2) is 0 Å². The van der Waals surface area contributed by atoms with Crippen molar-refractivity contribution in [2.45, 2.75) is 26.8 Å². The van der Waals surface area contributed by atoms with E-state index in [0.717, 1.165) is 12.1 Å². The Bertz CT molecular complexity index is 353. The zero-order valence-electron chi connectivity index (χ0n) is 9.05. The fourth-order valence-corrected chi connectivity index (χ4v) is 1.24. The molecule has 0 radical (unpaired) electrons. The van der Waals surface area contributed by atoms with E-state index in [1.807, 2.05) is 10.9 Å². The second kappa shape index (κ2) is 5.34.